The number of esters is 1. The summed E-state index contributed by atoms with van der Waals surface area (Å²) in [5.74, 6) is 0.255. The van der Waals surface area contributed by atoms with Crippen molar-refractivity contribution in [2.24, 2.45) is 5.92 Å². The van der Waals surface area contributed by atoms with Gasteiger partial charge in [0.25, 0.3) is 0 Å². The van der Waals surface area contributed by atoms with Gasteiger partial charge in [-0.25, -0.2) is 4.79 Å². The van der Waals surface area contributed by atoms with Crippen molar-refractivity contribution >= 4 is 21.9 Å². The van der Waals surface area contributed by atoms with Crippen LogP contribution in [0.15, 0.2) is 12.2 Å². The van der Waals surface area contributed by atoms with Crippen molar-refractivity contribution in [2.45, 2.75) is 122 Å². The van der Waals surface area contributed by atoms with Gasteiger partial charge in [0.1, 0.15) is 0 Å². The lowest BCUT2D eigenvalue weighted by Crippen LogP contribution is -2.26. The first kappa shape index (κ1) is 26.7. The number of halogens is 1. The Morgan fingerprint density at radius 3 is 1.74 bits per heavy atom. The first-order valence-corrected chi connectivity index (χ1v) is 12.1. The summed E-state index contributed by atoms with van der Waals surface area (Å²) in [7, 11) is 0. The van der Waals surface area contributed by atoms with Crippen molar-refractivity contribution in [3.05, 3.63) is 12.2 Å². The van der Waals surface area contributed by atoms with E-state index in [0.717, 1.165) is 6.42 Å². The molecule has 3 heteroatoms. The fourth-order valence-corrected chi connectivity index (χ4v) is 3.94. The van der Waals surface area contributed by atoms with E-state index >= 15 is 0 Å². The summed E-state index contributed by atoms with van der Waals surface area (Å²) in [6.45, 7) is 12.5. The van der Waals surface area contributed by atoms with Crippen LogP contribution in [0.3, 0.4) is 0 Å². The fraction of sp³-hybridized carbons (Fsp3) is 0.875. The van der Waals surface area contributed by atoms with Gasteiger partial charge in [-0.2, -0.15) is 0 Å². The van der Waals surface area contributed by atoms with E-state index < -0.39 is 0 Å². The van der Waals surface area contributed by atoms with Crippen molar-refractivity contribution in [3.8, 4) is 0 Å². The monoisotopic (exact) mass is 444 g/mol. The Kier molecular flexibility index (Phi) is 16.4. The zero-order valence-corrected chi connectivity index (χ0v) is 20.2. The van der Waals surface area contributed by atoms with E-state index in [4.69, 9.17) is 4.74 Å². The Hall–Kier alpha value is -0.310. The number of hydrogen-bond acceptors (Lipinski definition) is 2. The van der Waals surface area contributed by atoms with E-state index in [1.807, 2.05) is 0 Å². The molecule has 1 atom stereocenters. The average Bonchev–Trinajstić information content (AvgIpc) is 2.59. The molecule has 0 aliphatic heterocycles. The molecule has 0 amide bonds. The lowest BCUT2D eigenvalue weighted by Gasteiger charge is -2.29. The standard InChI is InChI=1S/C24H45BrO2/c1-6-7-8-9-10-11-12-13-14-15-16-17-18-22(24(4,5)25)19-20-27-23(26)21(2)3/h22H,2,6-20H2,1,3-5H3. The van der Waals surface area contributed by atoms with Gasteiger partial charge in [0.05, 0.1) is 6.61 Å². The van der Waals surface area contributed by atoms with Gasteiger partial charge in [0.15, 0.2) is 0 Å². The molecule has 160 valence electrons. The smallest absolute Gasteiger partial charge is 0.333 e. The highest BCUT2D eigenvalue weighted by Crippen LogP contribution is 2.33. The number of carbonyl (C=O) groups is 1. The van der Waals surface area contributed by atoms with Crippen LogP contribution in [0.4, 0.5) is 0 Å². The molecule has 27 heavy (non-hydrogen) atoms. The van der Waals surface area contributed by atoms with Crippen LogP contribution in [0.1, 0.15) is 118 Å². The SMILES string of the molecule is C=C(C)C(=O)OCCC(CCCCCCCCCCCCCC)C(C)(C)Br. The normalized spacial score (nSPS) is 12.8. The lowest BCUT2D eigenvalue weighted by atomic mass is 9.87. The highest BCUT2D eigenvalue weighted by molar-refractivity contribution is 9.10. The third-order valence-electron chi connectivity index (χ3n) is 5.42. The quantitative estimate of drug-likeness (QED) is 0.0916. The minimum Gasteiger partial charge on any atom is -0.462 e. The van der Waals surface area contributed by atoms with Crippen molar-refractivity contribution in [1.82, 2.24) is 0 Å². The molecule has 0 saturated carbocycles. The predicted octanol–water partition coefficient (Wildman–Crippen LogP) is 8.38. The number of alkyl halides is 1. The molecular formula is C24H45BrO2. The number of rotatable bonds is 18. The molecule has 0 rings (SSSR count). The Balaban J connectivity index is 3.71. The van der Waals surface area contributed by atoms with E-state index in [1.165, 1.54) is 83.5 Å². The van der Waals surface area contributed by atoms with Crippen molar-refractivity contribution in [2.75, 3.05) is 6.61 Å². The maximum Gasteiger partial charge on any atom is 0.333 e. The summed E-state index contributed by atoms with van der Waals surface area (Å²) < 4.78 is 5.37. The minimum absolute atomic E-state index is 0.0837. The van der Waals surface area contributed by atoms with Crippen LogP contribution in [-0.4, -0.2) is 16.9 Å². The fourth-order valence-electron chi connectivity index (χ4n) is 3.48. The maximum atomic E-state index is 11.5. The van der Waals surface area contributed by atoms with Crippen LogP contribution in [0.5, 0.6) is 0 Å². The molecule has 0 aliphatic carbocycles. The van der Waals surface area contributed by atoms with E-state index in [2.05, 4.69) is 43.3 Å². The van der Waals surface area contributed by atoms with Crippen LogP contribution < -0.4 is 0 Å². The Morgan fingerprint density at radius 2 is 1.33 bits per heavy atom. The Bertz CT molecular complexity index is 384. The van der Waals surface area contributed by atoms with E-state index in [1.54, 1.807) is 6.92 Å². The second kappa shape index (κ2) is 16.6. The molecule has 0 saturated heterocycles. The lowest BCUT2D eigenvalue weighted by molar-refractivity contribution is -0.139. The molecule has 0 aromatic heterocycles. The molecule has 2 nitrogen and oxygen atoms in total. The molecule has 0 spiro atoms. The molecule has 0 fully saturated rings. The first-order chi connectivity index (χ1) is 12.8. The molecule has 0 N–H and O–H groups in total. The number of ether oxygens (including phenoxy) is 1. The van der Waals surface area contributed by atoms with Crippen molar-refractivity contribution < 1.29 is 9.53 Å². The number of unbranched alkanes of at least 4 members (excludes halogenated alkanes) is 11. The zero-order valence-electron chi connectivity index (χ0n) is 18.6. The topological polar surface area (TPSA) is 26.3 Å². The van der Waals surface area contributed by atoms with Gasteiger partial charge in [-0.15, -0.1) is 0 Å². The van der Waals surface area contributed by atoms with Gasteiger partial charge in [0.2, 0.25) is 0 Å². The molecule has 0 aromatic carbocycles. The third-order valence-corrected chi connectivity index (χ3v) is 6.07. The zero-order chi connectivity index (χ0) is 20.5. The summed E-state index contributed by atoms with van der Waals surface area (Å²) in [5.41, 5.74) is 0.477. The summed E-state index contributed by atoms with van der Waals surface area (Å²) in [5, 5.41) is 0. The van der Waals surface area contributed by atoms with Crippen LogP contribution in [-0.2, 0) is 9.53 Å². The summed E-state index contributed by atoms with van der Waals surface area (Å²) in [6, 6.07) is 0. The Morgan fingerprint density at radius 1 is 0.889 bits per heavy atom. The molecule has 0 radical (unpaired) electrons. The van der Waals surface area contributed by atoms with Crippen LogP contribution in [0.25, 0.3) is 0 Å². The highest BCUT2D eigenvalue weighted by Gasteiger charge is 2.26. The summed E-state index contributed by atoms with van der Waals surface area (Å²) in [6.07, 6.45) is 18.7. The summed E-state index contributed by atoms with van der Waals surface area (Å²) in [4.78, 5) is 11.5. The van der Waals surface area contributed by atoms with Gasteiger partial charge in [-0.1, -0.05) is 106 Å². The number of carbonyl (C=O) groups excluding carboxylic acids is 1. The maximum absolute atomic E-state index is 11.5. The van der Waals surface area contributed by atoms with Crippen molar-refractivity contribution in [3.63, 3.8) is 0 Å². The van der Waals surface area contributed by atoms with Gasteiger partial charge < -0.3 is 4.74 Å². The summed E-state index contributed by atoms with van der Waals surface area (Å²) >= 11 is 3.82. The van der Waals surface area contributed by atoms with Crippen LogP contribution in [0, 0.1) is 5.92 Å². The predicted molar refractivity (Wildman–Crippen MR) is 123 cm³/mol. The molecule has 1 unspecified atom stereocenters. The van der Waals surface area contributed by atoms with Gasteiger partial charge >= 0.3 is 5.97 Å². The Labute approximate surface area is 178 Å². The number of hydrogen-bond donors (Lipinski definition) is 0. The molecule has 0 aliphatic rings. The molecule has 0 bridgehead atoms. The van der Waals surface area contributed by atoms with Gasteiger partial charge in [-0.05, 0) is 39.5 Å². The van der Waals surface area contributed by atoms with Crippen molar-refractivity contribution in [1.29, 1.82) is 0 Å². The minimum atomic E-state index is -0.272. The second-order valence-corrected chi connectivity index (χ2v) is 10.7. The first-order valence-electron chi connectivity index (χ1n) is 11.3. The molecule has 0 heterocycles. The third kappa shape index (κ3) is 16.4. The second-order valence-electron chi connectivity index (χ2n) is 8.64. The van der Waals surface area contributed by atoms with E-state index in [9.17, 15) is 4.79 Å². The molecular weight excluding hydrogens is 400 g/mol. The van der Waals surface area contributed by atoms with Crippen LogP contribution >= 0.6 is 15.9 Å². The van der Waals surface area contributed by atoms with E-state index in [0.29, 0.717) is 18.1 Å². The van der Waals surface area contributed by atoms with Gasteiger partial charge in [-0.3, -0.25) is 0 Å². The van der Waals surface area contributed by atoms with Crippen LogP contribution in [0.2, 0.25) is 0 Å². The van der Waals surface area contributed by atoms with Gasteiger partial charge in [0, 0.05) is 9.90 Å². The largest absolute Gasteiger partial charge is 0.462 e. The average molecular weight is 446 g/mol. The van der Waals surface area contributed by atoms with E-state index in [-0.39, 0.29) is 10.3 Å². The molecule has 0 aromatic rings. The highest BCUT2D eigenvalue weighted by atomic mass is 79.9.